The summed E-state index contributed by atoms with van der Waals surface area (Å²) in [5.41, 5.74) is 1.50. The Morgan fingerprint density at radius 1 is 1.09 bits per heavy atom. The zero-order valence-corrected chi connectivity index (χ0v) is 21.9. The number of likely N-dealkylation sites (N-methyl/N-ethyl adjacent to an activating group) is 1. The van der Waals surface area contributed by atoms with E-state index in [0.29, 0.717) is 29.4 Å². The van der Waals surface area contributed by atoms with E-state index < -0.39 is 13.6 Å². The number of amides is 2. The number of carbonyl (C=O) groups excluding carboxylic acids is 2. The molecule has 0 saturated carbocycles. The van der Waals surface area contributed by atoms with E-state index in [1.807, 2.05) is 43.3 Å². The van der Waals surface area contributed by atoms with Gasteiger partial charge in [0, 0.05) is 25.6 Å². The maximum Gasteiger partial charge on any atom is 0.317 e. The fraction of sp³-hybridized carbons (Fsp3) is 0.320. The number of carbonyl (C=O) groups is 2. The summed E-state index contributed by atoms with van der Waals surface area (Å²) in [6.07, 6.45) is 1.36. The van der Waals surface area contributed by atoms with Crippen molar-refractivity contribution < 1.29 is 18.7 Å². The standard InChI is InChI=1S/C25H31N4O4PS/c1-4-15-34(32,33-21-13-9-6-10-14-21)28-22(16-19-11-7-5-8-12-19)24(31)27-25-26-20(18-35-25)17-23(30)29(2)3/h5-14,18,22H,4,15-17H2,1-3H3,(H,28,32)(H,26,27,31). The van der Waals surface area contributed by atoms with Crippen LogP contribution in [0.3, 0.4) is 0 Å². The van der Waals surface area contributed by atoms with Crippen molar-refractivity contribution in [1.29, 1.82) is 0 Å². The molecule has 0 aliphatic heterocycles. The second-order valence-corrected chi connectivity index (χ2v) is 11.4. The van der Waals surface area contributed by atoms with Crippen LogP contribution >= 0.6 is 18.9 Å². The molecule has 2 atom stereocenters. The van der Waals surface area contributed by atoms with Crippen molar-refractivity contribution in [2.75, 3.05) is 25.6 Å². The Balaban J connectivity index is 1.79. The van der Waals surface area contributed by atoms with Gasteiger partial charge in [0.1, 0.15) is 5.75 Å². The van der Waals surface area contributed by atoms with E-state index in [1.54, 1.807) is 43.7 Å². The van der Waals surface area contributed by atoms with Gasteiger partial charge < -0.3 is 14.7 Å². The summed E-state index contributed by atoms with van der Waals surface area (Å²) in [5, 5.41) is 7.99. The van der Waals surface area contributed by atoms with Gasteiger partial charge in [-0.05, 0) is 30.5 Å². The third-order valence-corrected chi connectivity index (χ3v) is 8.13. The summed E-state index contributed by atoms with van der Waals surface area (Å²) >= 11 is 1.24. The fourth-order valence-electron chi connectivity index (χ4n) is 3.32. The third kappa shape index (κ3) is 8.31. The summed E-state index contributed by atoms with van der Waals surface area (Å²) < 4.78 is 19.7. The first-order valence-corrected chi connectivity index (χ1v) is 14.1. The molecule has 1 heterocycles. The van der Waals surface area contributed by atoms with Crippen LogP contribution in [0.25, 0.3) is 0 Å². The quantitative estimate of drug-likeness (QED) is 0.343. The Hall–Kier alpha value is -3.00. The number of hydrogen-bond donors (Lipinski definition) is 2. The Labute approximate surface area is 210 Å². The van der Waals surface area contributed by atoms with E-state index in [9.17, 15) is 14.2 Å². The maximum absolute atomic E-state index is 13.8. The van der Waals surface area contributed by atoms with Gasteiger partial charge in [-0.3, -0.25) is 14.2 Å². The molecule has 3 rings (SSSR count). The monoisotopic (exact) mass is 514 g/mol. The molecule has 0 aliphatic rings. The number of hydrogen-bond acceptors (Lipinski definition) is 6. The van der Waals surface area contributed by atoms with Crippen molar-refractivity contribution >= 4 is 35.8 Å². The molecule has 0 aliphatic carbocycles. The summed E-state index contributed by atoms with van der Waals surface area (Å²) in [6, 6.07) is 17.6. The molecular weight excluding hydrogens is 483 g/mol. The van der Waals surface area contributed by atoms with Crippen molar-refractivity contribution in [3.05, 3.63) is 77.3 Å². The predicted molar refractivity (Wildman–Crippen MR) is 140 cm³/mol. The molecule has 0 radical (unpaired) electrons. The highest BCUT2D eigenvalue weighted by Gasteiger charge is 2.32. The molecule has 2 N–H and O–H groups in total. The first-order valence-electron chi connectivity index (χ1n) is 11.4. The van der Waals surface area contributed by atoms with E-state index in [4.69, 9.17) is 4.52 Å². The topological polar surface area (TPSA) is 101 Å². The van der Waals surface area contributed by atoms with Gasteiger partial charge >= 0.3 is 7.52 Å². The molecular formula is C25H31N4O4PS. The highest BCUT2D eigenvalue weighted by Crippen LogP contribution is 2.44. The Morgan fingerprint density at radius 2 is 1.74 bits per heavy atom. The first-order chi connectivity index (χ1) is 16.8. The fourth-order valence-corrected chi connectivity index (χ4v) is 6.04. The van der Waals surface area contributed by atoms with Crippen molar-refractivity contribution in [2.45, 2.75) is 32.2 Å². The van der Waals surface area contributed by atoms with Gasteiger partial charge in [0.25, 0.3) is 0 Å². The van der Waals surface area contributed by atoms with Crippen LogP contribution < -0.4 is 14.9 Å². The maximum atomic E-state index is 13.8. The van der Waals surface area contributed by atoms with E-state index in [1.165, 1.54) is 16.2 Å². The highest BCUT2D eigenvalue weighted by molar-refractivity contribution is 7.57. The lowest BCUT2D eigenvalue weighted by Gasteiger charge is -2.25. The Bertz CT molecular complexity index is 1150. The normalized spacial score (nSPS) is 13.5. The molecule has 186 valence electrons. The number of benzene rings is 2. The largest absolute Gasteiger partial charge is 0.433 e. The van der Waals surface area contributed by atoms with E-state index >= 15 is 0 Å². The van der Waals surface area contributed by atoms with Crippen LogP contribution in [-0.2, 0) is 27.0 Å². The van der Waals surface area contributed by atoms with E-state index in [0.717, 1.165) is 5.56 Å². The van der Waals surface area contributed by atoms with Gasteiger partial charge in [0.05, 0.1) is 18.2 Å². The van der Waals surface area contributed by atoms with Gasteiger partial charge in [0.15, 0.2) is 5.13 Å². The average molecular weight is 515 g/mol. The van der Waals surface area contributed by atoms with Crippen LogP contribution in [-0.4, -0.2) is 48.0 Å². The summed E-state index contributed by atoms with van der Waals surface area (Å²) in [7, 11) is -0.0279. The lowest BCUT2D eigenvalue weighted by molar-refractivity contribution is -0.128. The van der Waals surface area contributed by atoms with Crippen LogP contribution in [0.2, 0.25) is 0 Å². The second kappa shape index (κ2) is 12.6. The molecule has 0 spiro atoms. The molecule has 10 heteroatoms. The lowest BCUT2D eigenvalue weighted by atomic mass is 10.1. The molecule has 0 bridgehead atoms. The number of rotatable bonds is 12. The van der Waals surface area contributed by atoms with Crippen LogP contribution in [0, 0.1) is 0 Å². The van der Waals surface area contributed by atoms with Gasteiger partial charge in [0.2, 0.25) is 11.8 Å². The number of aromatic nitrogens is 1. The van der Waals surface area contributed by atoms with Crippen molar-refractivity contribution in [1.82, 2.24) is 15.0 Å². The van der Waals surface area contributed by atoms with E-state index in [2.05, 4.69) is 15.4 Å². The number of para-hydroxylation sites is 1. The molecule has 2 unspecified atom stereocenters. The van der Waals surface area contributed by atoms with Crippen molar-refractivity contribution in [3.63, 3.8) is 0 Å². The summed E-state index contributed by atoms with van der Waals surface area (Å²) in [6.45, 7) is 1.92. The zero-order chi connectivity index (χ0) is 25.3. The summed E-state index contributed by atoms with van der Waals surface area (Å²) in [4.78, 5) is 31.2. The van der Waals surface area contributed by atoms with Gasteiger partial charge in [-0.2, -0.15) is 0 Å². The predicted octanol–water partition coefficient (Wildman–Crippen LogP) is 4.60. The second-order valence-electron chi connectivity index (χ2n) is 8.27. The molecule has 2 amide bonds. The molecule has 0 saturated heterocycles. The molecule has 35 heavy (non-hydrogen) atoms. The van der Waals surface area contributed by atoms with Crippen LogP contribution in [0.1, 0.15) is 24.6 Å². The van der Waals surface area contributed by atoms with Crippen LogP contribution in [0.15, 0.2) is 66.0 Å². The number of nitrogens with one attached hydrogen (secondary N) is 2. The zero-order valence-electron chi connectivity index (χ0n) is 20.1. The smallest absolute Gasteiger partial charge is 0.317 e. The molecule has 0 fully saturated rings. The molecule has 3 aromatic rings. The minimum Gasteiger partial charge on any atom is -0.433 e. The molecule has 1 aromatic heterocycles. The average Bonchev–Trinajstić information content (AvgIpc) is 3.26. The minimum absolute atomic E-state index is 0.0737. The van der Waals surface area contributed by atoms with Gasteiger partial charge in [-0.15, -0.1) is 11.3 Å². The Kier molecular flexibility index (Phi) is 9.60. The van der Waals surface area contributed by atoms with Crippen LogP contribution in [0.5, 0.6) is 5.75 Å². The molecule has 8 nitrogen and oxygen atoms in total. The number of anilines is 1. The SMILES string of the molecule is CCCP(=O)(NC(Cc1ccccc1)C(=O)Nc1nc(CC(=O)N(C)C)cs1)Oc1ccccc1. The number of nitrogens with zero attached hydrogens (tertiary/aromatic N) is 2. The lowest BCUT2D eigenvalue weighted by Crippen LogP contribution is -2.41. The van der Waals surface area contributed by atoms with Gasteiger partial charge in [-0.25, -0.2) is 10.1 Å². The minimum atomic E-state index is -3.40. The van der Waals surface area contributed by atoms with Crippen molar-refractivity contribution in [2.24, 2.45) is 0 Å². The summed E-state index contributed by atoms with van der Waals surface area (Å²) in [5.74, 6) is 0.0304. The molecule has 2 aromatic carbocycles. The first kappa shape index (κ1) is 26.6. The van der Waals surface area contributed by atoms with E-state index in [-0.39, 0.29) is 24.4 Å². The van der Waals surface area contributed by atoms with Crippen LogP contribution in [0.4, 0.5) is 5.13 Å². The van der Waals surface area contributed by atoms with Gasteiger partial charge in [-0.1, -0.05) is 55.5 Å². The number of thiazole rings is 1. The Morgan fingerprint density at radius 3 is 2.37 bits per heavy atom. The van der Waals surface area contributed by atoms with Crippen molar-refractivity contribution in [3.8, 4) is 5.75 Å². The third-order valence-electron chi connectivity index (χ3n) is 5.08. The highest BCUT2D eigenvalue weighted by atomic mass is 32.1.